The summed E-state index contributed by atoms with van der Waals surface area (Å²) in [6, 6.07) is -0.454. The summed E-state index contributed by atoms with van der Waals surface area (Å²) >= 11 is 0. The Labute approximate surface area is 86.4 Å². The predicted octanol–water partition coefficient (Wildman–Crippen LogP) is 0.465. The SMILES string of the molecule is COCCN(C)C(=O)C(N)C(C)(C)C. The summed E-state index contributed by atoms with van der Waals surface area (Å²) in [5.74, 6) is -0.0328. The third-order valence-electron chi connectivity index (χ3n) is 2.21. The van der Waals surface area contributed by atoms with Gasteiger partial charge in [-0.1, -0.05) is 20.8 Å². The zero-order valence-electron chi connectivity index (χ0n) is 9.83. The van der Waals surface area contributed by atoms with E-state index in [4.69, 9.17) is 10.5 Å². The molecule has 14 heavy (non-hydrogen) atoms. The lowest BCUT2D eigenvalue weighted by Gasteiger charge is -2.29. The van der Waals surface area contributed by atoms with Crippen molar-refractivity contribution in [3.8, 4) is 0 Å². The molecule has 2 N–H and O–H groups in total. The Kier molecular flexibility index (Phi) is 5.08. The lowest BCUT2D eigenvalue weighted by Crippen LogP contribution is -2.49. The second kappa shape index (κ2) is 5.32. The van der Waals surface area contributed by atoms with E-state index < -0.39 is 6.04 Å². The van der Waals surface area contributed by atoms with Crippen LogP contribution >= 0.6 is 0 Å². The van der Waals surface area contributed by atoms with Crippen LogP contribution in [0.4, 0.5) is 0 Å². The first-order chi connectivity index (χ1) is 6.30. The van der Waals surface area contributed by atoms with Crippen molar-refractivity contribution < 1.29 is 9.53 Å². The van der Waals surface area contributed by atoms with Crippen LogP contribution in [-0.4, -0.2) is 44.2 Å². The fourth-order valence-electron chi connectivity index (χ4n) is 0.946. The maximum Gasteiger partial charge on any atom is 0.239 e. The Morgan fingerprint density at radius 1 is 1.50 bits per heavy atom. The topological polar surface area (TPSA) is 55.6 Å². The molecule has 0 heterocycles. The van der Waals surface area contributed by atoms with Gasteiger partial charge in [-0.3, -0.25) is 4.79 Å². The molecular formula is C10H22N2O2. The molecular weight excluding hydrogens is 180 g/mol. The zero-order chi connectivity index (χ0) is 11.4. The minimum absolute atomic E-state index is 0.0328. The van der Waals surface area contributed by atoms with E-state index in [-0.39, 0.29) is 11.3 Å². The number of hydrogen-bond acceptors (Lipinski definition) is 3. The van der Waals surface area contributed by atoms with Gasteiger partial charge in [0.05, 0.1) is 12.6 Å². The second-order valence-corrected chi connectivity index (χ2v) is 4.60. The van der Waals surface area contributed by atoms with Crippen LogP contribution in [-0.2, 0) is 9.53 Å². The molecule has 4 heteroatoms. The van der Waals surface area contributed by atoms with Crippen molar-refractivity contribution in [2.75, 3.05) is 27.3 Å². The number of nitrogens with two attached hydrogens (primary N) is 1. The molecule has 0 spiro atoms. The number of methoxy groups -OCH3 is 1. The van der Waals surface area contributed by atoms with Crippen LogP contribution in [0, 0.1) is 5.41 Å². The summed E-state index contributed by atoms with van der Waals surface area (Å²) < 4.78 is 4.89. The quantitative estimate of drug-likeness (QED) is 0.720. The van der Waals surface area contributed by atoms with Crippen molar-refractivity contribution in [3.05, 3.63) is 0 Å². The molecule has 1 atom stereocenters. The number of rotatable bonds is 4. The number of ether oxygens (including phenoxy) is 1. The Bertz CT molecular complexity index is 187. The van der Waals surface area contributed by atoms with Gasteiger partial charge in [-0.25, -0.2) is 0 Å². The van der Waals surface area contributed by atoms with E-state index in [0.717, 1.165) is 0 Å². The van der Waals surface area contributed by atoms with Gasteiger partial charge in [0.15, 0.2) is 0 Å². The summed E-state index contributed by atoms with van der Waals surface area (Å²) in [4.78, 5) is 13.4. The summed E-state index contributed by atoms with van der Waals surface area (Å²) in [5.41, 5.74) is 5.64. The van der Waals surface area contributed by atoms with Gasteiger partial charge in [0.2, 0.25) is 5.91 Å². The fourth-order valence-corrected chi connectivity index (χ4v) is 0.946. The molecule has 4 nitrogen and oxygen atoms in total. The number of likely N-dealkylation sites (N-methyl/N-ethyl adjacent to an activating group) is 1. The Hall–Kier alpha value is -0.610. The van der Waals surface area contributed by atoms with Crippen molar-refractivity contribution in [2.24, 2.45) is 11.1 Å². The number of carbonyl (C=O) groups excluding carboxylic acids is 1. The van der Waals surface area contributed by atoms with E-state index in [0.29, 0.717) is 13.2 Å². The first kappa shape index (κ1) is 13.4. The molecule has 0 aromatic rings. The predicted molar refractivity (Wildman–Crippen MR) is 56.9 cm³/mol. The molecule has 0 aliphatic carbocycles. The first-order valence-electron chi connectivity index (χ1n) is 4.80. The Morgan fingerprint density at radius 2 is 2.00 bits per heavy atom. The normalized spacial score (nSPS) is 13.9. The Morgan fingerprint density at radius 3 is 2.36 bits per heavy atom. The van der Waals surface area contributed by atoms with Crippen molar-refractivity contribution in [2.45, 2.75) is 26.8 Å². The van der Waals surface area contributed by atoms with E-state index in [1.165, 1.54) is 0 Å². The van der Waals surface area contributed by atoms with Gasteiger partial charge < -0.3 is 15.4 Å². The van der Waals surface area contributed by atoms with E-state index >= 15 is 0 Å². The molecule has 84 valence electrons. The standard InChI is InChI=1S/C10H22N2O2/c1-10(2,3)8(11)9(13)12(4)6-7-14-5/h8H,6-7,11H2,1-5H3. The zero-order valence-corrected chi connectivity index (χ0v) is 9.83. The van der Waals surface area contributed by atoms with E-state index in [9.17, 15) is 4.79 Å². The second-order valence-electron chi connectivity index (χ2n) is 4.60. The van der Waals surface area contributed by atoms with Crippen LogP contribution < -0.4 is 5.73 Å². The van der Waals surface area contributed by atoms with Gasteiger partial charge in [0.25, 0.3) is 0 Å². The third kappa shape index (κ3) is 4.07. The van der Waals surface area contributed by atoms with Crippen molar-refractivity contribution in [1.29, 1.82) is 0 Å². The van der Waals surface area contributed by atoms with E-state index in [1.54, 1.807) is 19.1 Å². The van der Waals surface area contributed by atoms with Crippen molar-refractivity contribution >= 4 is 5.91 Å². The minimum Gasteiger partial charge on any atom is -0.383 e. The van der Waals surface area contributed by atoms with E-state index in [1.807, 2.05) is 20.8 Å². The van der Waals surface area contributed by atoms with Crippen molar-refractivity contribution in [1.82, 2.24) is 4.90 Å². The number of hydrogen-bond donors (Lipinski definition) is 1. The highest BCUT2D eigenvalue weighted by molar-refractivity contribution is 5.82. The van der Waals surface area contributed by atoms with Gasteiger partial charge in [-0.15, -0.1) is 0 Å². The third-order valence-corrected chi connectivity index (χ3v) is 2.21. The van der Waals surface area contributed by atoms with Crippen LogP contribution in [0.15, 0.2) is 0 Å². The number of carbonyl (C=O) groups is 1. The van der Waals surface area contributed by atoms with Crippen LogP contribution in [0.25, 0.3) is 0 Å². The molecule has 1 unspecified atom stereocenters. The highest BCUT2D eigenvalue weighted by atomic mass is 16.5. The van der Waals surface area contributed by atoms with Crippen LogP contribution in [0.1, 0.15) is 20.8 Å². The monoisotopic (exact) mass is 202 g/mol. The molecule has 0 fully saturated rings. The molecule has 0 aliphatic rings. The van der Waals surface area contributed by atoms with Gasteiger partial charge >= 0.3 is 0 Å². The molecule has 0 aliphatic heterocycles. The molecule has 1 amide bonds. The molecule has 0 aromatic heterocycles. The highest BCUT2D eigenvalue weighted by Gasteiger charge is 2.29. The maximum atomic E-state index is 11.7. The fraction of sp³-hybridized carbons (Fsp3) is 0.900. The molecule has 0 rings (SSSR count). The lowest BCUT2D eigenvalue weighted by molar-refractivity contribution is -0.134. The van der Waals surface area contributed by atoms with E-state index in [2.05, 4.69) is 0 Å². The van der Waals surface area contributed by atoms with Gasteiger partial charge in [0.1, 0.15) is 0 Å². The van der Waals surface area contributed by atoms with Gasteiger partial charge in [-0.05, 0) is 5.41 Å². The molecule has 0 radical (unpaired) electrons. The smallest absolute Gasteiger partial charge is 0.239 e. The first-order valence-corrected chi connectivity index (χ1v) is 4.80. The number of amides is 1. The summed E-state index contributed by atoms with van der Waals surface area (Å²) in [5, 5.41) is 0. The Balaban J connectivity index is 4.18. The van der Waals surface area contributed by atoms with Crippen LogP contribution in [0.5, 0.6) is 0 Å². The highest BCUT2D eigenvalue weighted by Crippen LogP contribution is 2.18. The summed E-state index contributed by atoms with van der Waals surface area (Å²) in [6.45, 7) is 7.00. The average molecular weight is 202 g/mol. The largest absolute Gasteiger partial charge is 0.383 e. The summed E-state index contributed by atoms with van der Waals surface area (Å²) in [7, 11) is 3.36. The van der Waals surface area contributed by atoms with Crippen LogP contribution in [0.3, 0.4) is 0 Å². The molecule has 0 aromatic carbocycles. The summed E-state index contributed by atoms with van der Waals surface area (Å²) in [6.07, 6.45) is 0. The molecule has 0 saturated heterocycles. The maximum absolute atomic E-state index is 11.7. The lowest BCUT2D eigenvalue weighted by atomic mass is 9.86. The molecule has 0 bridgehead atoms. The number of nitrogens with zero attached hydrogens (tertiary/aromatic N) is 1. The van der Waals surface area contributed by atoms with Gasteiger partial charge in [0, 0.05) is 20.7 Å². The molecule has 0 saturated carbocycles. The minimum atomic E-state index is -0.454. The van der Waals surface area contributed by atoms with Crippen molar-refractivity contribution in [3.63, 3.8) is 0 Å². The average Bonchev–Trinajstić information content (AvgIpc) is 2.10. The van der Waals surface area contributed by atoms with Gasteiger partial charge in [-0.2, -0.15) is 0 Å². The van der Waals surface area contributed by atoms with Crippen LogP contribution in [0.2, 0.25) is 0 Å².